The molecule has 0 saturated carbocycles. The Morgan fingerprint density at radius 3 is 2.45 bits per heavy atom. The van der Waals surface area contributed by atoms with E-state index in [4.69, 9.17) is 5.11 Å². The van der Waals surface area contributed by atoms with E-state index in [9.17, 15) is 14.0 Å². The number of carboxylic acid groups (broad SMARTS) is 1. The Hall–Kier alpha value is -2.21. The summed E-state index contributed by atoms with van der Waals surface area (Å²) < 4.78 is 13.3. The number of carbonyl (C=O) groups excluding carboxylic acids is 1. The van der Waals surface area contributed by atoms with Crippen LogP contribution in [-0.2, 0) is 0 Å². The van der Waals surface area contributed by atoms with Crippen molar-refractivity contribution in [3.8, 4) is 0 Å². The van der Waals surface area contributed by atoms with Crippen molar-refractivity contribution < 1.29 is 19.1 Å². The first-order valence-electron chi connectivity index (χ1n) is 5.57. The average Bonchev–Trinajstić information content (AvgIpc) is 2.43. The van der Waals surface area contributed by atoms with Crippen LogP contribution < -0.4 is 5.32 Å². The first kappa shape index (κ1) is 14.2. The molecule has 102 valence electrons. The van der Waals surface area contributed by atoms with E-state index in [1.807, 2.05) is 0 Å². The van der Waals surface area contributed by atoms with Gasteiger partial charge in [0.15, 0.2) is 0 Å². The predicted molar refractivity (Wildman–Crippen MR) is 75.5 cm³/mol. The maximum atomic E-state index is 13.1. The van der Waals surface area contributed by atoms with E-state index in [-0.39, 0.29) is 15.6 Å². The minimum Gasteiger partial charge on any atom is -0.478 e. The third-order valence-corrected chi connectivity index (χ3v) is 3.16. The first-order chi connectivity index (χ1) is 9.47. The zero-order valence-electron chi connectivity index (χ0n) is 10.1. The van der Waals surface area contributed by atoms with Crippen LogP contribution in [0.2, 0.25) is 0 Å². The van der Waals surface area contributed by atoms with E-state index in [1.165, 1.54) is 42.5 Å². The largest absolute Gasteiger partial charge is 0.478 e. The number of anilines is 1. The standard InChI is InChI=1S/C14H9BrFNO3/c15-11-7-10(4-5-12(11)16)17-13(18)8-2-1-3-9(6-8)14(19)20/h1-7H,(H,17,18)(H,19,20). The Balaban J connectivity index is 2.21. The summed E-state index contributed by atoms with van der Waals surface area (Å²) >= 11 is 3.02. The van der Waals surface area contributed by atoms with Crippen LogP contribution in [0, 0.1) is 5.82 Å². The molecule has 4 nitrogen and oxygen atoms in total. The summed E-state index contributed by atoms with van der Waals surface area (Å²) in [4.78, 5) is 22.8. The van der Waals surface area contributed by atoms with Crippen LogP contribution in [0.15, 0.2) is 46.9 Å². The van der Waals surface area contributed by atoms with Gasteiger partial charge in [0.05, 0.1) is 10.0 Å². The molecular formula is C14H9BrFNO3. The highest BCUT2D eigenvalue weighted by molar-refractivity contribution is 9.10. The van der Waals surface area contributed by atoms with Gasteiger partial charge in [-0.05, 0) is 52.3 Å². The zero-order valence-corrected chi connectivity index (χ0v) is 11.6. The van der Waals surface area contributed by atoms with E-state index in [1.54, 1.807) is 0 Å². The Labute approximate surface area is 122 Å². The van der Waals surface area contributed by atoms with Gasteiger partial charge in [0.25, 0.3) is 5.91 Å². The molecular weight excluding hydrogens is 329 g/mol. The fourth-order valence-electron chi connectivity index (χ4n) is 1.57. The fourth-order valence-corrected chi connectivity index (χ4v) is 1.95. The summed E-state index contributed by atoms with van der Waals surface area (Å²) in [5.74, 6) is -2.01. The van der Waals surface area contributed by atoms with Crippen molar-refractivity contribution in [2.45, 2.75) is 0 Å². The Morgan fingerprint density at radius 2 is 1.80 bits per heavy atom. The molecule has 2 aromatic rings. The first-order valence-corrected chi connectivity index (χ1v) is 6.36. The monoisotopic (exact) mass is 337 g/mol. The molecule has 2 aromatic carbocycles. The maximum Gasteiger partial charge on any atom is 0.335 e. The van der Waals surface area contributed by atoms with E-state index >= 15 is 0 Å². The number of nitrogens with one attached hydrogen (secondary N) is 1. The lowest BCUT2D eigenvalue weighted by Gasteiger charge is -2.06. The van der Waals surface area contributed by atoms with Crippen molar-refractivity contribution in [1.82, 2.24) is 0 Å². The second-order valence-electron chi connectivity index (χ2n) is 3.97. The molecule has 0 aliphatic rings. The van der Waals surface area contributed by atoms with Crippen LogP contribution >= 0.6 is 15.9 Å². The SMILES string of the molecule is O=C(O)c1cccc(C(=O)Nc2ccc(F)c(Br)c2)c1. The maximum absolute atomic E-state index is 13.1. The molecule has 6 heteroatoms. The molecule has 0 fully saturated rings. The summed E-state index contributed by atoms with van der Waals surface area (Å²) in [6.45, 7) is 0. The third-order valence-electron chi connectivity index (χ3n) is 2.55. The van der Waals surface area contributed by atoms with Gasteiger partial charge in [-0.3, -0.25) is 4.79 Å². The van der Waals surface area contributed by atoms with Gasteiger partial charge >= 0.3 is 5.97 Å². The molecule has 2 N–H and O–H groups in total. The van der Waals surface area contributed by atoms with Crippen molar-refractivity contribution >= 4 is 33.5 Å². The summed E-state index contributed by atoms with van der Waals surface area (Å²) in [6.07, 6.45) is 0. The second kappa shape index (κ2) is 5.83. The molecule has 0 unspecified atom stereocenters. The molecule has 20 heavy (non-hydrogen) atoms. The van der Waals surface area contributed by atoms with Crippen LogP contribution in [0.4, 0.5) is 10.1 Å². The number of carbonyl (C=O) groups is 2. The average molecular weight is 338 g/mol. The molecule has 0 aliphatic carbocycles. The Kier molecular flexibility index (Phi) is 4.14. The van der Waals surface area contributed by atoms with Gasteiger partial charge in [-0.1, -0.05) is 6.07 Å². The number of carboxylic acids is 1. The van der Waals surface area contributed by atoms with Crippen LogP contribution in [0.5, 0.6) is 0 Å². The number of hydrogen-bond acceptors (Lipinski definition) is 2. The van der Waals surface area contributed by atoms with E-state index in [0.717, 1.165) is 0 Å². The number of benzene rings is 2. The van der Waals surface area contributed by atoms with Crippen molar-refractivity contribution in [1.29, 1.82) is 0 Å². The van der Waals surface area contributed by atoms with Gasteiger partial charge in [-0.15, -0.1) is 0 Å². The van der Waals surface area contributed by atoms with E-state index in [0.29, 0.717) is 5.69 Å². The minimum absolute atomic E-state index is 0.0259. The lowest BCUT2D eigenvalue weighted by atomic mass is 10.1. The molecule has 0 heterocycles. The van der Waals surface area contributed by atoms with E-state index in [2.05, 4.69) is 21.2 Å². The molecule has 0 aliphatic heterocycles. The predicted octanol–water partition coefficient (Wildman–Crippen LogP) is 3.54. The number of amides is 1. The van der Waals surface area contributed by atoms with Crippen molar-refractivity contribution in [2.75, 3.05) is 5.32 Å². The van der Waals surface area contributed by atoms with Crippen LogP contribution in [0.3, 0.4) is 0 Å². The van der Waals surface area contributed by atoms with Gasteiger partial charge in [0.2, 0.25) is 0 Å². The number of rotatable bonds is 3. The lowest BCUT2D eigenvalue weighted by Crippen LogP contribution is -2.12. The number of hydrogen-bond donors (Lipinski definition) is 2. The molecule has 0 atom stereocenters. The molecule has 0 saturated heterocycles. The highest BCUT2D eigenvalue weighted by atomic mass is 79.9. The molecule has 2 rings (SSSR count). The number of aromatic carboxylic acids is 1. The van der Waals surface area contributed by atoms with Gasteiger partial charge in [-0.2, -0.15) is 0 Å². The summed E-state index contributed by atoms with van der Waals surface area (Å²) in [5.41, 5.74) is 0.646. The lowest BCUT2D eigenvalue weighted by molar-refractivity contribution is 0.0697. The molecule has 0 radical (unpaired) electrons. The van der Waals surface area contributed by atoms with Gasteiger partial charge < -0.3 is 10.4 Å². The molecule has 0 bridgehead atoms. The van der Waals surface area contributed by atoms with Crippen LogP contribution in [0.1, 0.15) is 20.7 Å². The minimum atomic E-state index is -1.11. The number of halogens is 2. The van der Waals surface area contributed by atoms with E-state index < -0.39 is 17.7 Å². The summed E-state index contributed by atoms with van der Waals surface area (Å²) in [7, 11) is 0. The summed E-state index contributed by atoms with van der Waals surface area (Å²) in [5, 5.41) is 11.4. The fraction of sp³-hybridized carbons (Fsp3) is 0. The Morgan fingerprint density at radius 1 is 1.10 bits per heavy atom. The normalized spacial score (nSPS) is 10.1. The molecule has 0 aromatic heterocycles. The topological polar surface area (TPSA) is 66.4 Å². The van der Waals surface area contributed by atoms with Gasteiger partial charge in [-0.25, -0.2) is 9.18 Å². The zero-order chi connectivity index (χ0) is 14.7. The highest BCUT2D eigenvalue weighted by Gasteiger charge is 2.10. The van der Waals surface area contributed by atoms with Gasteiger partial charge in [0.1, 0.15) is 5.82 Å². The third kappa shape index (κ3) is 3.21. The van der Waals surface area contributed by atoms with Crippen LogP contribution in [-0.4, -0.2) is 17.0 Å². The summed E-state index contributed by atoms with van der Waals surface area (Å²) in [6, 6.07) is 9.71. The Bertz CT molecular complexity index is 688. The molecule has 0 spiro atoms. The quantitative estimate of drug-likeness (QED) is 0.900. The van der Waals surface area contributed by atoms with Crippen molar-refractivity contribution in [3.63, 3.8) is 0 Å². The van der Waals surface area contributed by atoms with Gasteiger partial charge in [0, 0.05) is 11.3 Å². The van der Waals surface area contributed by atoms with Crippen molar-refractivity contribution in [2.24, 2.45) is 0 Å². The smallest absolute Gasteiger partial charge is 0.335 e. The second-order valence-corrected chi connectivity index (χ2v) is 4.82. The van der Waals surface area contributed by atoms with Crippen molar-refractivity contribution in [3.05, 3.63) is 63.9 Å². The highest BCUT2D eigenvalue weighted by Crippen LogP contribution is 2.20. The molecule has 1 amide bonds. The van der Waals surface area contributed by atoms with Crippen LogP contribution in [0.25, 0.3) is 0 Å².